The van der Waals surface area contributed by atoms with Crippen molar-refractivity contribution in [1.82, 2.24) is 5.32 Å². The molecule has 0 radical (unpaired) electrons. The van der Waals surface area contributed by atoms with Gasteiger partial charge in [0.05, 0.1) is 13.7 Å². The van der Waals surface area contributed by atoms with E-state index in [0.717, 1.165) is 29.5 Å². The van der Waals surface area contributed by atoms with Gasteiger partial charge in [-0.2, -0.15) is 0 Å². The van der Waals surface area contributed by atoms with Crippen LogP contribution in [0.3, 0.4) is 0 Å². The lowest BCUT2D eigenvalue weighted by atomic mass is 10.1. The van der Waals surface area contributed by atoms with Crippen molar-refractivity contribution >= 4 is 17.6 Å². The molecule has 3 aromatic carbocycles. The summed E-state index contributed by atoms with van der Waals surface area (Å²) in [7, 11) is 1.61. The highest BCUT2D eigenvalue weighted by atomic mass is 19.1. The third-order valence-corrected chi connectivity index (χ3v) is 4.35. The topological polar surface area (TPSA) is 76.7 Å². The van der Waals surface area contributed by atoms with Gasteiger partial charge < -0.3 is 14.8 Å². The zero-order chi connectivity index (χ0) is 22.2. The monoisotopic (exact) mass is 426 g/mol. The van der Waals surface area contributed by atoms with Crippen LogP contribution in [0.5, 0.6) is 11.5 Å². The molecular formula is C23H20F2N2O4. The lowest BCUT2D eigenvalue weighted by molar-refractivity contribution is 0.0959. The molecule has 0 aliphatic heterocycles. The summed E-state index contributed by atoms with van der Waals surface area (Å²) in [5, 5.41) is 4.31. The molecule has 2 N–H and O–H groups in total. The Hall–Kier alpha value is -3.94. The molecule has 3 aromatic rings. The van der Waals surface area contributed by atoms with Crippen molar-refractivity contribution in [2.24, 2.45) is 0 Å². The van der Waals surface area contributed by atoms with Gasteiger partial charge in [-0.25, -0.2) is 13.6 Å². The Bertz CT molecular complexity index is 1030. The summed E-state index contributed by atoms with van der Waals surface area (Å²) >= 11 is 0. The van der Waals surface area contributed by atoms with Crippen molar-refractivity contribution in [3.63, 3.8) is 0 Å². The van der Waals surface area contributed by atoms with E-state index in [-0.39, 0.29) is 0 Å². The summed E-state index contributed by atoms with van der Waals surface area (Å²) in [6, 6.07) is 16.2. The fourth-order valence-corrected chi connectivity index (χ4v) is 2.76. The number of imide groups is 1. The van der Waals surface area contributed by atoms with E-state index >= 15 is 0 Å². The third kappa shape index (κ3) is 6.02. The molecule has 160 valence electrons. The van der Waals surface area contributed by atoms with E-state index in [9.17, 15) is 18.4 Å². The van der Waals surface area contributed by atoms with Gasteiger partial charge >= 0.3 is 6.03 Å². The van der Waals surface area contributed by atoms with Crippen molar-refractivity contribution in [3.05, 3.63) is 89.5 Å². The average molecular weight is 426 g/mol. The quantitative estimate of drug-likeness (QED) is 0.581. The number of hydrogen-bond donors (Lipinski definition) is 2. The van der Waals surface area contributed by atoms with Crippen LogP contribution < -0.4 is 20.1 Å². The maximum absolute atomic E-state index is 13.6. The number of rotatable bonds is 7. The summed E-state index contributed by atoms with van der Waals surface area (Å²) in [4.78, 5) is 23.9. The maximum atomic E-state index is 13.6. The summed E-state index contributed by atoms with van der Waals surface area (Å²) in [6.45, 7) is 0.461. The van der Waals surface area contributed by atoms with Crippen LogP contribution in [0.15, 0.2) is 66.7 Å². The van der Waals surface area contributed by atoms with E-state index in [1.807, 2.05) is 29.6 Å². The van der Waals surface area contributed by atoms with Crippen LogP contribution in [-0.4, -0.2) is 25.7 Å². The molecule has 0 saturated heterocycles. The molecule has 3 amide bonds. The predicted molar refractivity (Wildman–Crippen MR) is 111 cm³/mol. The van der Waals surface area contributed by atoms with Gasteiger partial charge in [-0.3, -0.25) is 10.1 Å². The molecule has 31 heavy (non-hydrogen) atoms. The van der Waals surface area contributed by atoms with Gasteiger partial charge in [0, 0.05) is 12.1 Å². The van der Waals surface area contributed by atoms with Crippen LogP contribution >= 0.6 is 0 Å². The number of carbonyl (C=O) groups is 2. The molecule has 0 unspecified atom stereocenters. The number of ether oxygens (including phenoxy) is 2. The second-order valence-corrected chi connectivity index (χ2v) is 6.48. The smallest absolute Gasteiger partial charge is 0.326 e. The number of benzene rings is 3. The third-order valence-electron chi connectivity index (χ3n) is 4.35. The molecule has 6 nitrogen and oxygen atoms in total. The van der Waals surface area contributed by atoms with E-state index in [4.69, 9.17) is 9.47 Å². The Kier molecular flexibility index (Phi) is 7.16. The second kappa shape index (κ2) is 10.2. The number of methoxy groups -OCH3 is 1. The van der Waals surface area contributed by atoms with E-state index < -0.39 is 29.1 Å². The molecular weight excluding hydrogens is 406 g/mol. The van der Waals surface area contributed by atoms with Gasteiger partial charge in [0.15, 0.2) is 0 Å². The van der Waals surface area contributed by atoms with Gasteiger partial charge in [-0.1, -0.05) is 18.2 Å². The van der Waals surface area contributed by atoms with E-state index in [0.29, 0.717) is 24.5 Å². The molecule has 8 heteroatoms. The largest absolute Gasteiger partial charge is 0.497 e. The summed E-state index contributed by atoms with van der Waals surface area (Å²) in [5.41, 5.74) is 0.659. The lowest BCUT2D eigenvalue weighted by Crippen LogP contribution is -2.35. The number of carbonyl (C=O) groups excluding carboxylic acids is 2. The standard InChI is InChI=1S/C23H20F2N2O4/c1-30-17-9-5-15(6-10-17)13-14-31-18-11-7-16(8-12-18)26-23(29)27-22(28)21-19(24)3-2-4-20(21)25/h2-12H,13-14H2,1H3,(H2,26,27,28,29). The Morgan fingerprint density at radius 1 is 0.871 bits per heavy atom. The number of hydrogen-bond acceptors (Lipinski definition) is 4. The fraction of sp³-hybridized carbons (Fsp3) is 0.130. The molecule has 0 fully saturated rings. The Morgan fingerprint density at radius 3 is 2.10 bits per heavy atom. The molecule has 0 heterocycles. The normalized spacial score (nSPS) is 10.3. The fourth-order valence-electron chi connectivity index (χ4n) is 2.76. The minimum absolute atomic E-state index is 0.377. The van der Waals surface area contributed by atoms with Crippen LogP contribution in [0.2, 0.25) is 0 Å². The van der Waals surface area contributed by atoms with E-state index in [1.54, 1.807) is 31.4 Å². The van der Waals surface area contributed by atoms with Gasteiger partial charge in [0.2, 0.25) is 0 Å². The first-order chi connectivity index (χ1) is 15.0. The molecule has 0 spiro atoms. The molecule has 0 atom stereocenters. The Labute approximate surface area is 177 Å². The van der Waals surface area contributed by atoms with Gasteiger partial charge in [0.1, 0.15) is 28.7 Å². The number of anilines is 1. The van der Waals surface area contributed by atoms with Crippen LogP contribution in [0.4, 0.5) is 19.3 Å². The summed E-state index contributed by atoms with van der Waals surface area (Å²) < 4.78 is 38.0. The average Bonchev–Trinajstić information content (AvgIpc) is 2.75. The molecule has 0 aromatic heterocycles. The zero-order valence-electron chi connectivity index (χ0n) is 16.7. The van der Waals surface area contributed by atoms with Crippen LogP contribution in [0, 0.1) is 11.6 Å². The lowest BCUT2D eigenvalue weighted by Gasteiger charge is -2.10. The van der Waals surface area contributed by atoms with Gasteiger partial charge in [0.25, 0.3) is 5.91 Å². The van der Waals surface area contributed by atoms with Crippen molar-refractivity contribution in [2.75, 3.05) is 19.0 Å². The highest BCUT2D eigenvalue weighted by Gasteiger charge is 2.19. The van der Waals surface area contributed by atoms with Crippen molar-refractivity contribution < 1.29 is 27.8 Å². The van der Waals surface area contributed by atoms with E-state index in [1.165, 1.54) is 0 Å². The minimum atomic E-state index is -1.17. The van der Waals surface area contributed by atoms with Crippen molar-refractivity contribution in [3.8, 4) is 11.5 Å². The first-order valence-electron chi connectivity index (χ1n) is 9.38. The van der Waals surface area contributed by atoms with Crippen LogP contribution in [-0.2, 0) is 6.42 Å². The molecule has 0 aliphatic rings. The predicted octanol–water partition coefficient (Wildman–Crippen LogP) is 4.56. The van der Waals surface area contributed by atoms with Crippen LogP contribution in [0.1, 0.15) is 15.9 Å². The SMILES string of the molecule is COc1ccc(CCOc2ccc(NC(=O)NC(=O)c3c(F)cccc3F)cc2)cc1. The molecule has 0 aliphatic carbocycles. The summed E-state index contributed by atoms with van der Waals surface area (Å²) in [6.07, 6.45) is 0.709. The number of halogens is 2. The zero-order valence-corrected chi connectivity index (χ0v) is 16.7. The van der Waals surface area contributed by atoms with Crippen molar-refractivity contribution in [1.29, 1.82) is 0 Å². The second-order valence-electron chi connectivity index (χ2n) is 6.48. The van der Waals surface area contributed by atoms with Gasteiger partial charge in [-0.15, -0.1) is 0 Å². The van der Waals surface area contributed by atoms with Gasteiger partial charge in [-0.05, 0) is 54.1 Å². The van der Waals surface area contributed by atoms with Crippen molar-refractivity contribution in [2.45, 2.75) is 6.42 Å². The van der Waals surface area contributed by atoms with Crippen LogP contribution in [0.25, 0.3) is 0 Å². The minimum Gasteiger partial charge on any atom is -0.497 e. The maximum Gasteiger partial charge on any atom is 0.326 e. The number of urea groups is 1. The highest BCUT2D eigenvalue weighted by molar-refractivity contribution is 6.08. The number of nitrogens with one attached hydrogen (secondary N) is 2. The molecule has 0 saturated carbocycles. The summed E-state index contributed by atoms with van der Waals surface area (Å²) in [5.74, 6) is -1.89. The molecule has 3 rings (SSSR count). The number of amides is 3. The molecule has 0 bridgehead atoms. The first-order valence-corrected chi connectivity index (χ1v) is 9.38. The first kappa shape index (κ1) is 21.8. The van der Waals surface area contributed by atoms with E-state index in [2.05, 4.69) is 5.32 Å². The Balaban J connectivity index is 1.48. The Morgan fingerprint density at radius 2 is 1.48 bits per heavy atom. The highest BCUT2D eigenvalue weighted by Crippen LogP contribution is 2.17.